The van der Waals surface area contributed by atoms with Crippen molar-refractivity contribution in [3.05, 3.63) is 23.8 Å². The maximum absolute atomic E-state index is 5.51. The number of hydrogen-bond acceptors (Lipinski definition) is 3. The Balaban J connectivity index is 2.11. The molecule has 0 spiro atoms. The molecule has 1 heterocycles. The zero-order valence-electron chi connectivity index (χ0n) is 8.45. The SMILES string of the molecule is NCCCc1cncnc1C1CCC1. The monoisotopic (exact) mass is 191 g/mol. The van der Waals surface area contributed by atoms with Crippen LogP contribution in [0.15, 0.2) is 12.5 Å². The second kappa shape index (κ2) is 4.51. The van der Waals surface area contributed by atoms with E-state index in [4.69, 9.17) is 5.73 Å². The minimum Gasteiger partial charge on any atom is -0.330 e. The lowest BCUT2D eigenvalue weighted by Crippen LogP contribution is -2.14. The van der Waals surface area contributed by atoms with E-state index in [0.29, 0.717) is 5.92 Å². The molecule has 0 aliphatic heterocycles. The summed E-state index contributed by atoms with van der Waals surface area (Å²) >= 11 is 0. The fourth-order valence-corrected chi connectivity index (χ4v) is 1.90. The van der Waals surface area contributed by atoms with Crippen LogP contribution in [0.1, 0.15) is 42.9 Å². The average molecular weight is 191 g/mol. The minimum absolute atomic E-state index is 0.700. The summed E-state index contributed by atoms with van der Waals surface area (Å²) in [4.78, 5) is 8.49. The number of hydrogen-bond donors (Lipinski definition) is 1. The van der Waals surface area contributed by atoms with Gasteiger partial charge in [0.25, 0.3) is 0 Å². The topological polar surface area (TPSA) is 51.8 Å². The normalized spacial score (nSPS) is 16.6. The molecule has 0 radical (unpaired) electrons. The van der Waals surface area contributed by atoms with E-state index >= 15 is 0 Å². The summed E-state index contributed by atoms with van der Waals surface area (Å²) in [5, 5.41) is 0. The van der Waals surface area contributed by atoms with Gasteiger partial charge in [0.1, 0.15) is 6.33 Å². The molecule has 1 fully saturated rings. The molecule has 3 heteroatoms. The smallest absolute Gasteiger partial charge is 0.115 e. The van der Waals surface area contributed by atoms with Crippen molar-refractivity contribution in [3.8, 4) is 0 Å². The van der Waals surface area contributed by atoms with Crippen molar-refractivity contribution in [3.63, 3.8) is 0 Å². The van der Waals surface area contributed by atoms with Crippen molar-refractivity contribution in [1.82, 2.24) is 9.97 Å². The Bertz CT molecular complexity index is 294. The Labute approximate surface area is 84.8 Å². The van der Waals surface area contributed by atoms with E-state index in [2.05, 4.69) is 9.97 Å². The minimum atomic E-state index is 0.700. The van der Waals surface area contributed by atoms with E-state index in [9.17, 15) is 0 Å². The largest absolute Gasteiger partial charge is 0.330 e. The molecule has 0 bridgehead atoms. The van der Waals surface area contributed by atoms with Crippen LogP contribution in [0, 0.1) is 0 Å². The molecule has 0 amide bonds. The highest BCUT2D eigenvalue weighted by Gasteiger charge is 2.23. The maximum atomic E-state index is 5.51. The number of aromatic nitrogens is 2. The van der Waals surface area contributed by atoms with Crippen LogP contribution in [0.2, 0.25) is 0 Å². The number of nitrogens with two attached hydrogens (primary N) is 1. The van der Waals surface area contributed by atoms with Crippen molar-refractivity contribution in [2.45, 2.75) is 38.0 Å². The van der Waals surface area contributed by atoms with E-state index in [1.165, 1.54) is 30.5 Å². The predicted molar refractivity (Wildman–Crippen MR) is 56.0 cm³/mol. The van der Waals surface area contributed by atoms with E-state index < -0.39 is 0 Å². The van der Waals surface area contributed by atoms with Crippen LogP contribution in [-0.4, -0.2) is 16.5 Å². The van der Waals surface area contributed by atoms with Gasteiger partial charge in [0.05, 0.1) is 5.69 Å². The summed E-state index contributed by atoms with van der Waals surface area (Å²) in [5.74, 6) is 0.700. The maximum Gasteiger partial charge on any atom is 0.115 e. The molecule has 1 aromatic rings. The van der Waals surface area contributed by atoms with Gasteiger partial charge in [-0.1, -0.05) is 6.42 Å². The summed E-state index contributed by atoms with van der Waals surface area (Å²) in [6, 6.07) is 0. The molecule has 0 unspecified atom stereocenters. The summed E-state index contributed by atoms with van der Waals surface area (Å²) in [6.07, 6.45) is 9.64. The summed E-state index contributed by atoms with van der Waals surface area (Å²) in [6.45, 7) is 0.749. The van der Waals surface area contributed by atoms with Crippen LogP contribution >= 0.6 is 0 Å². The molecular weight excluding hydrogens is 174 g/mol. The van der Waals surface area contributed by atoms with Crippen molar-refractivity contribution in [2.24, 2.45) is 5.73 Å². The highest BCUT2D eigenvalue weighted by atomic mass is 14.8. The third kappa shape index (κ3) is 1.93. The lowest BCUT2D eigenvalue weighted by atomic mass is 9.81. The summed E-state index contributed by atoms with van der Waals surface area (Å²) in [5.41, 5.74) is 8.09. The summed E-state index contributed by atoms with van der Waals surface area (Å²) in [7, 11) is 0. The fraction of sp³-hybridized carbons (Fsp3) is 0.636. The number of nitrogens with zero attached hydrogens (tertiary/aromatic N) is 2. The Morgan fingerprint density at radius 1 is 1.43 bits per heavy atom. The van der Waals surface area contributed by atoms with Gasteiger partial charge in [-0.05, 0) is 37.8 Å². The average Bonchev–Trinajstić information content (AvgIpc) is 2.14. The van der Waals surface area contributed by atoms with Crippen molar-refractivity contribution >= 4 is 0 Å². The Kier molecular flexibility index (Phi) is 3.09. The highest BCUT2D eigenvalue weighted by molar-refractivity contribution is 5.22. The van der Waals surface area contributed by atoms with Crippen LogP contribution in [0.3, 0.4) is 0 Å². The van der Waals surface area contributed by atoms with Gasteiger partial charge in [0, 0.05) is 12.1 Å². The first-order chi connectivity index (χ1) is 6.92. The zero-order chi connectivity index (χ0) is 9.80. The Morgan fingerprint density at radius 3 is 2.93 bits per heavy atom. The van der Waals surface area contributed by atoms with Gasteiger partial charge in [0.2, 0.25) is 0 Å². The van der Waals surface area contributed by atoms with Gasteiger partial charge in [-0.3, -0.25) is 0 Å². The van der Waals surface area contributed by atoms with Gasteiger partial charge in [-0.25, -0.2) is 9.97 Å². The molecule has 1 aromatic heterocycles. The second-order valence-electron chi connectivity index (χ2n) is 3.95. The molecule has 1 aliphatic carbocycles. The van der Waals surface area contributed by atoms with Crippen molar-refractivity contribution in [1.29, 1.82) is 0 Å². The van der Waals surface area contributed by atoms with Crippen LogP contribution in [0.5, 0.6) is 0 Å². The first-order valence-electron chi connectivity index (χ1n) is 5.40. The standard InChI is InChI=1S/C11H17N3/c12-6-2-5-10-7-13-8-14-11(10)9-3-1-4-9/h7-9H,1-6,12H2. The molecule has 0 aromatic carbocycles. The van der Waals surface area contributed by atoms with E-state index in [1.54, 1.807) is 6.33 Å². The molecule has 2 N–H and O–H groups in total. The Morgan fingerprint density at radius 2 is 2.29 bits per heavy atom. The van der Waals surface area contributed by atoms with E-state index in [0.717, 1.165) is 19.4 Å². The third-order valence-corrected chi connectivity index (χ3v) is 2.96. The lowest BCUT2D eigenvalue weighted by Gasteiger charge is -2.26. The molecule has 1 aliphatic rings. The van der Waals surface area contributed by atoms with E-state index in [1.807, 2.05) is 6.20 Å². The molecule has 3 nitrogen and oxygen atoms in total. The molecule has 0 atom stereocenters. The Hall–Kier alpha value is -0.960. The molecule has 1 saturated carbocycles. The molecule has 2 rings (SSSR count). The van der Waals surface area contributed by atoms with Gasteiger partial charge in [0.15, 0.2) is 0 Å². The quantitative estimate of drug-likeness (QED) is 0.787. The zero-order valence-corrected chi connectivity index (χ0v) is 8.45. The predicted octanol–water partition coefficient (Wildman–Crippen LogP) is 1.64. The van der Waals surface area contributed by atoms with E-state index in [-0.39, 0.29) is 0 Å². The first-order valence-corrected chi connectivity index (χ1v) is 5.40. The van der Waals surface area contributed by atoms with Gasteiger partial charge >= 0.3 is 0 Å². The van der Waals surface area contributed by atoms with Crippen LogP contribution < -0.4 is 5.73 Å². The summed E-state index contributed by atoms with van der Waals surface area (Å²) < 4.78 is 0. The van der Waals surface area contributed by atoms with Gasteiger partial charge < -0.3 is 5.73 Å². The number of aryl methyl sites for hydroxylation is 1. The molecular formula is C11H17N3. The fourth-order valence-electron chi connectivity index (χ4n) is 1.90. The van der Waals surface area contributed by atoms with Crippen molar-refractivity contribution in [2.75, 3.05) is 6.54 Å². The van der Waals surface area contributed by atoms with Gasteiger partial charge in [-0.2, -0.15) is 0 Å². The van der Waals surface area contributed by atoms with Crippen LogP contribution in [-0.2, 0) is 6.42 Å². The van der Waals surface area contributed by atoms with Crippen molar-refractivity contribution < 1.29 is 0 Å². The van der Waals surface area contributed by atoms with Gasteiger partial charge in [-0.15, -0.1) is 0 Å². The first kappa shape index (κ1) is 9.59. The van der Waals surface area contributed by atoms with Crippen LogP contribution in [0.25, 0.3) is 0 Å². The molecule has 14 heavy (non-hydrogen) atoms. The second-order valence-corrected chi connectivity index (χ2v) is 3.95. The molecule has 0 saturated heterocycles. The molecule has 76 valence electrons. The third-order valence-electron chi connectivity index (χ3n) is 2.96. The number of rotatable bonds is 4. The highest BCUT2D eigenvalue weighted by Crippen LogP contribution is 2.36. The lowest BCUT2D eigenvalue weighted by molar-refractivity contribution is 0.407. The van der Waals surface area contributed by atoms with Crippen LogP contribution in [0.4, 0.5) is 0 Å².